The molecule has 3 aromatic rings. The summed E-state index contributed by atoms with van der Waals surface area (Å²) in [7, 11) is 1.60. The Morgan fingerprint density at radius 2 is 2.00 bits per heavy atom. The monoisotopic (exact) mass is 531 g/mol. The fraction of sp³-hybridized carbons (Fsp3) is 0.464. The summed E-state index contributed by atoms with van der Waals surface area (Å²) in [5.41, 5.74) is 2.81. The summed E-state index contributed by atoms with van der Waals surface area (Å²) in [5, 5.41) is 22.6. The summed E-state index contributed by atoms with van der Waals surface area (Å²) in [6.45, 7) is 5.54. The third kappa shape index (κ3) is 6.57. The Kier molecular flexibility index (Phi) is 7.28. The van der Waals surface area contributed by atoms with Crippen LogP contribution < -0.4 is 20.1 Å². The van der Waals surface area contributed by atoms with Crippen LogP contribution in [0.3, 0.4) is 0 Å². The fourth-order valence-electron chi connectivity index (χ4n) is 4.62. The molecule has 2 aliphatic rings. The van der Waals surface area contributed by atoms with Gasteiger partial charge in [0, 0.05) is 30.5 Å². The Morgan fingerprint density at radius 3 is 2.67 bits per heavy atom. The fourth-order valence-corrected chi connectivity index (χ4v) is 4.62. The Morgan fingerprint density at radius 1 is 1.18 bits per heavy atom. The van der Waals surface area contributed by atoms with Crippen molar-refractivity contribution in [3.63, 3.8) is 0 Å². The molecule has 0 unspecified atom stereocenters. The maximum Gasteiger partial charge on any atom is 0.407 e. The second kappa shape index (κ2) is 10.8. The number of nitrogens with zero attached hydrogens (tertiary/aromatic N) is 4. The van der Waals surface area contributed by atoms with Crippen molar-refractivity contribution in [2.24, 2.45) is 0 Å². The van der Waals surface area contributed by atoms with E-state index < -0.39 is 11.7 Å². The molecule has 0 aromatic carbocycles. The first-order valence-corrected chi connectivity index (χ1v) is 13.1. The Labute approximate surface area is 227 Å². The number of alkyl carbamates (subject to hydrolysis) is 1. The lowest BCUT2D eigenvalue weighted by molar-refractivity contribution is 0.0503. The summed E-state index contributed by atoms with van der Waals surface area (Å²) in [6.07, 6.45) is 5.53. The highest BCUT2D eigenvalue weighted by molar-refractivity contribution is 5.75. The molecule has 204 valence electrons. The van der Waals surface area contributed by atoms with E-state index in [1.165, 1.54) is 0 Å². The minimum Gasteiger partial charge on any atom is -0.489 e. The lowest BCUT2D eigenvalue weighted by atomic mass is 10.1. The molecule has 3 N–H and O–H groups in total. The predicted molar refractivity (Wildman–Crippen MR) is 144 cm³/mol. The van der Waals surface area contributed by atoms with E-state index in [0.29, 0.717) is 52.4 Å². The van der Waals surface area contributed by atoms with E-state index in [-0.39, 0.29) is 12.1 Å². The maximum absolute atomic E-state index is 12.3. The van der Waals surface area contributed by atoms with E-state index in [1.54, 1.807) is 25.4 Å². The van der Waals surface area contributed by atoms with Crippen LogP contribution in [0.25, 0.3) is 11.3 Å². The van der Waals surface area contributed by atoms with Gasteiger partial charge in [-0.2, -0.15) is 10.4 Å². The molecule has 0 spiro atoms. The second-order valence-corrected chi connectivity index (χ2v) is 10.9. The number of rotatable bonds is 8. The van der Waals surface area contributed by atoms with Crippen LogP contribution in [0, 0.1) is 11.3 Å². The number of anilines is 2. The van der Waals surface area contributed by atoms with Crippen LogP contribution in [-0.2, 0) is 4.74 Å². The highest BCUT2D eigenvalue weighted by Gasteiger charge is 2.32. The third-order valence-electron chi connectivity index (χ3n) is 6.56. The number of ether oxygens (including phenoxy) is 3. The number of methoxy groups -OCH3 is 1. The zero-order valence-corrected chi connectivity index (χ0v) is 22.6. The Hall–Kier alpha value is -4.33. The lowest BCUT2D eigenvalue weighted by Gasteiger charge is -2.22. The standard InChI is InChI=1S/C28H33N7O4/c1-28(2,3)39-27(36)32-17-9-10-20(11-17)38-23-12-21(16-5-6-16)33-26(37-4)25(23)22-13-24(35-34-22)31-19-8-7-18(14-29)30-15-19/h7-8,12-13,15-17,20H,5-6,9-11H2,1-4H3,(H,32,36)(H2,31,34,35)/t17-,20+/m0/s1. The SMILES string of the molecule is COc1nc(C2CC2)cc(O[C@@H]2CC[C@H](NC(=O)OC(C)(C)C)C2)c1-c1cc(Nc2ccc(C#N)nc2)n[nH]1. The van der Waals surface area contributed by atoms with Gasteiger partial charge in [-0.15, -0.1) is 0 Å². The molecule has 5 rings (SSSR count). The maximum atomic E-state index is 12.3. The summed E-state index contributed by atoms with van der Waals surface area (Å²) in [4.78, 5) is 21.1. The highest BCUT2D eigenvalue weighted by atomic mass is 16.6. The minimum absolute atomic E-state index is 0.0241. The van der Waals surface area contributed by atoms with Crippen LogP contribution in [0.2, 0.25) is 0 Å². The first kappa shape index (κ1) is 26.3. The number of nitrogens with one attached hydrogen (secondary N) is 3. The van der Waals surface area contributed by atoms with Crippen molar-refractivity contribution < 1.29 is 19.0 Å². The molecule has 0 bridgehead atoms. The Balaban J connectivity index is 1.36. The van der Waals surface area contributed by atoms with E-state index in [4.69, 9.17) is 24.5 Å². The summed E-state index contributed by atoms with van der Waals surface area (Å²) < 4.78 is 17.7. The summed E-state index contributed by atoms with van der Waals surface area (Å²) >= 11 is 0. The predicted octanol–water partition coefficient (Wildman–Crippen LogP) is 5.19. The van der Waals surface area contributed by atoms with Crippen LogP contribution >= 0.6 is 0 Å². The van der Waals surface area contributed by atoms with Gasteiger partial charge >= 0.3 is 6.09 Å². The van der Waals surface area contributed by atoms with Crippen molar-refractivity contribution in [1.82, 2.24) is 25.5 Å². The quantitative estimate of drug-likeness (QED) is 0.357. The molecular formula is C28H33N7O4. The first-order valence-electron chi connectivity index (χ1n) is 13.1. The van der Waals surface area contributed by atoms with Crippen LogP contribution in [0.5, 0.6) is 11.6 Å². The van der Waals surface area contributed by atoms with E-state index in [1.807, 2.05) is 39.0 Å². The molecule has 2 aliphatic carbocycles. The topological polar surface area (TPSA) is 147 Å². The molecule has 2 atom stereocenters. The number of hydrogen-bond donors (Lipinski definition) is 3. The van der Waals surface area contributed by atoms with Crippen molar-refractivity contribution in [1.29, 1.82) is 5.26 Å². The van der Waals surface area contributed by atoms with Gasteiger partial charge in [-0.1, -0.05) is 0 Å². The van der Waals surface area contributed by atoms with Crippen molar-refractivity contribution in [3.8, 4) is 29.0 Å². The molecule has 11 nitrogen and oxygen atoms in total. The molecular weight excluding hydrogens is 498 g/mol. The van der Waals surface area contributed by atoms with E-state index in [2.05, 4.69) is 25.8 Å². The van der Waals surface area contributed by atoms with Gasteiger partial charge in [0.2, 0.25) is 5.88 Å². The molecule has 0 radical (unpaired) electrons. The largest absolute Gasteiger partial charge is 0.489 e. The Bertz CT molecular complexity index is 1370. The van der Waals surface area contributed by atoms with Crippen molar-refractivity contribution in [2.75, 3.05) is 12.4 Å². The van der Waals surface area contributed by atoms with Gasteiger partial charge in [-0.25, -0.2) is 14.8 Å². The summed E-state index contributed by atoms with van der Waals surface area (Å²) in [5.74, 6) is 2.11. The van der Waals surface area contributed by atoms with E-state index >= 15 is 0 Å². The van der Waals surface area contributed by atoms with Crippen LogP contribution in [-0.4, -0.2) is 51.1 Å². The highest BCUT2D eigenvalue weighted by Crippen LogP contribution is 2.46. The average Bonchev–Trinajstić information content (AvgIpc) is 3.50. The molecule has 1 amide bonds. The number of pyridine rings is 2. The van der Waals surface area contributed by atoms with Crippen molar-refractivity contribution in [3.05, 3.63) is 41.9 Å². The molecule has 2 saturated carbocycles. The summed E-state index contributed by atoms with van der Waals surface area (Å²) in [6, 6.07) is 9.24. The number of hydrogen-bond acceptors (Lipinski definition) is 9. The van der Waals surface area contributed by atoms with Gasteiger partial charge in [-0.3, -0.25) is 5.10 Å². The van der Waals surface area contributed by atoms with Gasteiger partial charge in [0.05, 0.1) is 30.4 Å². The zero-order valence-electron chi connectivity index (χ0n) is 22.6. The molecule has 11 heteroatoms. The number of H-pyrrole nitrogens is 1. The van der Waals surface area contributed by atoms with Crippen LogP contribution in [0.4, 0.5) is 16.3 Å². The number of aromatic nitrogens is 4. The number of carbonyl (C=O) groups excluding carboxylic acids is 1. The lowest BCUT2D eigenvalue weighted by Crippen LogP contribution is -2.38. The third-order valence-corrected chi connectivity index (χ3v) is 6.56. The van der Waals surface area contributed by atoms with Crippen molar-refractivity contribution >= 4 is 17.6 Å². The first-order chi connectivity index (χ1) is 18.7. The van der Waals surface area contributed by atoms with Crippen LogP contribution in [0.15, 0.2) is 30.5 Å². The minimum atomic E-state index is -0.547. The van der Waals surface area contributed by atoms with Gasteiger partial charge in [0.25, 0.3) is 0 Å². The molecule has 0 saturated heterocycles. The molecule has 39 heavy (non-hydrogen) atoms. The number of nitriles is 1. The smallest absolute Gasteiger partial charge is 0.407 e. The van der Waals surface area contributed by atoms with Crippen LogP contribution in [0.1, 0.15) is 70.2 Å². The van der Waals surface area contributed by atoms with Gasteiger partial charge in [0.15, 0.2) is 5.82 Å². The van der Waals surface area contributed by atoms with Crippen molar-refractivity contribution in [2.45, 2.75) is 76.5 Å². The number of amides is 1. The molecule has 2 fully saturated rings. The second-order valence-electron chi connectivity index (χ2n) is 10.9. The number of carbonyl (C=O) groups is 1. The zero-order chi connectivity index (χ0) is 27.6. The van der Waals surface area contributed by atoms with Gasteiger partial charge in [0.1, 0.15) is 34.8 Å². The average molecular weight is 532 g/mol. The number of aromatic amines is 1. The van der Waals surface area contributed by atoms with E-state index in [9.17, 15) is 4.79 Å². The van der Waals surface area contributed by atoms with E-state index in [0.717, 1.165) is 31.4 Å². The molecule has 3 aromatic heterocycles. The van der Waals surface area contributed by atoms with Gasteiger partial charge < -0.3 is 24.8 Å². The molecule has 3 heterocycles. The van der Waals surface area contributed by atoms with Gasteiger partial charge in [-0.05, 0) is 58.6 Å². The normalized spacial score (nSPS) is 18.7. The molecule has 0 aliphatic heterocycles.